The van der Waals surface area contributed by atoms with Gasteiger partial charge in [0.1, 0.15) is 0 Å². The van der Waals surface area contributed by atoms with E-state index in [0.717, 1.165) is 17.3 Å². The Morgan fingerprint density at radius 3 is 2.56 bits per heavy atom. The van der Waals surface area contributed by atoms with Crippen LogP contribution in [0.15, 0.2) is 59.8 Å². The number of nitrogens with zero attached hydrogens (tertiary/aromatic N) is 2. The van der Waals surface area contributed by atoms with E-state index in [1.807, 2.05) is 30.3 Å². The van der Waals surface area contributed by atoms with E-state index in [2.05, 4.69) is 20.5 Å². The summed E-state index contributed by atoms with van der Waals surface area (Å²) in [5.41, 5.74) is 1.03. The Balaban J connectivity index is 1.60. The van der Waals surface area contributed by atoms with E-state index < -0.39 is 5.97 Å². The zero-order chi connectivity index (χ0) is 17.6. The number of nitrogens with one attached hydrogen (secondary N) is 2. The van der Waals surface area contributed by atoms with Gasteiger partial charge in [-0.1, -0.05) is 60.3 Å². The van der Waals surface area contributed by atoms with Gasteiger partial charge >= 0.3 is 0 Å². The molecule has 0 aliphatic carbocycles. The Morgan fingerprint density at radius 2 is 1.80 bits per heavy atom. The number of hydrogen-bond acceptors (Lipinski definition) is 6. The zero-order valence-electron chi connectivity index (χ0n) is 12.9. The van der Waals surface area contributed by atoms with E-state index in [4.69, 9.17) is 0 Å². The Hall–Kier alpha value is -3.13. The molecule has 1 heterocycles. The maximum absolute atomic E-state index is 12.0. The molecule has 2 N–H and O–H groups in total. The van der Waals surface area contributed by atoms with Gasteiger partial charge in [-0.05, 0) is 6.07 Å². The number of thioether (sulfide) groups is 1. The molecule has 7 nitrogen and oxygen atoms in total. The fourth-order valence-electron chi connectivity index (χ4n) is 2.12. The van der Waals surface area contributed by atoms with Crippen LogP contribution in [0.2, 0.25) is 0 Å². The maximum atomic E-state index is 12.0. The van der Waals surface area contributed by atoms with E-state index >= 15 is 0 Å². The lowest BCUT2D eigenvalue weighted by Crippen LogP contribution is -2.25. The van der Waals surface area contributed by atoms with Crippen LogP contribution in [0.5, 0.6) is 0 Å². The smallest absolute Gasteiger partial charge is 0.234 e. The standard InChI is InChI=1S/C17H14N4O3S/c22-14(18-13-9-5-4-8-12(13)16(23)24)10-25-17-19-15(20-21-17)11-6-2-1-3-7-11/h1-9H,10H2,(H,18,22)(H,23,24)(H,19,20,21)/p-1. The summed E-state index contributed by atoms with van der Waals surface area (Å²) in [5, 5.41) is 20.9. The molecule has 126 valence electrons. The summed E-state index contributed by atoms with van der Waals surface area (Å²) in [5.74, 6) is -1.03. The van der Waals surface area contributed by atoms with E-state index in [0.29, 0.717) is 11.0 Å². The van der Waals surface area contributed by atoms with Gasteiger partial charge in [-0.3, -0.25) is 9.89 Å². The van der Waals surface area contributed by atoms with Gasteiger partial charge in [0.2, 0.25) is 11.1 Å². The molecule has 0 radical (unpaired) electrons. The lowest BCUT2D eigenvalue weighted by atomic mass is 10.2. The van der Waals surface area contributed by atoms with E-state index in [9.17, 15) is 14.7 Å². The number of aromatic amines is 1. The van der Waals surface area contributed by atoms with Crippen LogP contribution in [0.25, 0.3) is 11.4 Å². The Labute approximate surface area is 147 Å². The Kier molecular flexibility index (Phi) is 5.10. The average molecular weight is 353 g/mol. The molecule has 3 aromatic rings. The monoisotopic (exact) mass is 353 g/mol. The number of benzene rings is 2. The van der Waals surface area contributed by atoms with Crippen LogP contribution in [0, 0.1) is 0 Å². The number of H-pyrrole nitrogens is 1. The maximum Gasteiger partial charge on any atom is 0.234 e. The van der Waals surface area contributed by atoms with Crippen LogP contribution in [0.3, 0.4) is 0 Å². The van der Waals surface area contributed by atoms with Crippen molar-refractivity contribution in [1.29, 1.82) is 0 Å². The number of aromatic nitrogens is 3. The van der Waals surface area contributed by atoms with Crippen LogP contribution in [-0.4, -0.2) is 32.8 Å². The molecule has 0 unspecified atom stereocenters. The molecular weight excluding hydrogens is 340 g/mol. The van der Waals surface area contributed by atoms with Crippen molar-refractivity contribution >= 4 is 29.3 Å². The quantitative estimate of drug-likeness (QED) is 0.651. The van der Waals surface area contributed by atoms with Crippen LogP contribution >= 0.6 is 11.8 Å². The Bertz CT molecular complexity index is 896. The topological polar surface area (TPSA) is 111 Å². The minimum absolute atomic E-state index is 0.0491. The number of carboxylic acid groups (broad SMARTS) is 1. The number of carboxylic acids is 1. The van der Waals surface area contributed by atoms with Gasteiger partial charge in [-0.15, -0.1) is 5.10 Å². The lowest BCUT2D eigenvalue weighted by molar-refractivity contribution is -0.254. The van der Waals surface area contributed by atoms with Gasteiger partial charge in [-0.25, -0.2) is 4.98 Å². The SMILES string of the molecule is O=C(CSc1n[nH]c(-c2ccccc2)n1)Nc1ccccc1C(=O)[O-]. The van der Waals surface area contributed by atoms with Crippen molar-refractivity contribution in [2.45, 2.75) is 5.16 Å². The summed E-state index contributed by atoms with van der Waals surface area (Å²) in [4.78, 5) is 27.4. The summed E-state index contributed by atoms with van der Waals surface area (Å²) < 4.78 is 0. The fourth-order valence-corrected chi connectivity index (χ4v) is 2.72. The van der Waals surface area contributed by atoms with Gasteiger partial charge in [0.25, 0.3) is 0 Å². The molecule has 0 atom stereocenters. The number of aromatic carboxylic acids is 1. The highest BCUT2D eigenvalue weighted by molar-refractivity contribution is 7.99. The summed E-state index contributed by atoms with van der Waals surface area (Å²) in [6.45, 7) is 0. The molecule has 3 rings (SSSR count). The second-order valence-corrected chi connectivity index (χ2v) is 5.95. The third-order valence-electron chi connectivity index (χ3n) is 3.27. The molecule has 0 fully saturated rings. The van der Waals surface area contributed by atoms with Gasteiger partial charge in [0, 0.05) is 16.8 Å². The predicted molar refractivity (Wildman–Crippen MR) is 91.9 cm³/mol. The first-order valence-electron chi connectivity index (χ1n) is 7.34. The molecule has 8 heteroatoms. The van der Waals surface area contributed by atoms with E-state index in [1.165, 1.54) is 12.1 Å². The molecule has 1 aromatic heterocycles. The highest BCUT2D eigenvalue weighted by Gasteiger charge is 2.11. The van der Waals surface area contributed by atoms with Crippen molar-refractivity contribution in [3.05, 3.63) is 60.2 Å². The van der Waals surface area contributed by atoms with Crippen LogP contribution in [-0.2, 0) is 4.79 Å². The molecule has 0 aliphatic rings. The first-order valence-corrected chi connectivity index (χ1v) is 8.33. The van der Waals surface area contributed by atoms with Crippen molar-refractivity contribution in [1.82, 2.24) is 15.2 Å². The zero-order valence-corrected chi connectivity index (χ0v) is 13.7. The molecule has 0 saturated heterocycles. The third-order valence-corrected chi connectivity index (χ3v) is 4.11. The molecule has 0 bridgehead atoms. The largest absolute Gasteiger partial charge is 0.545 e. The minimum atomic E-state index is -1.34. The average Bonchev–Trinajstić information content (AvgIpc) is 3.10. The second kappa shape index (κ2) is 7.63. The molecule has 0 aliphatic heterocycles. The van der Waals surface area contributed by atoms with Crippen LogP contribution in [0.4, 0.5) is 5.69 Å². The number of rotatable bonds is 6. The molecular formula is C17H13N4O3S-. The summed E-state index contributed by atoms with van der Waals surface area (Å²) >= 11 is 1.15. The highest BCUT2D eigenvalue weighted by Crippen LogP contribution is 2.20. The number of carbonyl (C=O) groups excluding carboxylic acids is 2. The van der Waals surface area contributed by atoms with Gasteiger partial charge in [-0.2, -0.15) is 0 Å². The first kappa shape index (κ1) is 16.7. The Morgan fingerprint density at radius 1 is 1.08 bits per heavy atom. The van der Waals surface area contributed by atoms with Gasteiger partial charge < -0.3 is 15.2 Å². The minimum Gasteiger partial charge on any atom is -0.545 e. The van der Waals surface area contributed by atoms with Crippen molar-refractivity contribution < 1.29 is 14.7 Å². The number of carbonyl (C=O) groups is 2. The van der Waals surface area contributed by atoms with Crippen LogP contribution < -0.4 is 10.4 Å². The van der Waals surface area contributed by atoms with Crippen molar-refractivity contribution in [2.24, 2.45) is 0 Å². The summed E-state index contributed by atoms with van der Waals surface area (Å²) in [6, 6.07) is 15.6. The van der Waals surface area contributed by atoms with E-state index in [-0.39, 0.29) is 22.9 Å². The molecule has 0 spiro atoms. The number of amides is 1. The first-order chi connectivity index (χ1) is 12.1. The molecule has 2 aromatic carbocycles. The van der Waals surface area contributed by atoms with Crippen molar-refractivity contribution in [2.75, 3.05) is 11.1 Å². The van der Waals surface area contributed by atoms with Crippen molar-refractivity contribution in [3.8, 4) is 11.4 Å². The predicted octanol–water partition coefficient (Wildman–Crippen LogP) is 1.57. The second-order valence-electron chi connectivity index (χ2n) is 5.00. The summed E-state index contributed by atoms with van der Waals surface area (Å²) in [7, 11) is 0. The molecule has 0 saturated carbocycles. The van der Waals surface area contributed by atoms with Crippen molar-refractivity contribution in [3.63, 3.8) is 0 Å². The third kappa shape index (κ3) is 4.24. The highest BCUT2D eigenvalue weighted by atomic mass is 32.2. The normalized spacial score (nSPS) is 10.4. The number of hydrogen-bond donors (Lipinski definition) is 2. The molecule has 25 heavy (non-hydrogen) atoms. The van der Waals surface area contributed by atoms with Gasteiger partial charge in [0.05, 0.1) is 11.7 Å². The van der Waals surface area contributed by atoms with E-state index in [1.54, 1.807) is 12.1 Å². The molecule has 1 amide bonds. The van der Waals surface area contributed by atoms with Crippen LogP contribution in [0.1, 0.15) is 10.4 Å². The van der Waals surface area contributed by atoms with Gasteiger partial charge in [0.15, 0.2) is 5.82 Å². The number of anilines is 1. The summed E-state index contributed by atoms with van der Waals surface area (Å²) in [6.07, 6.45) is 0. The lowest BCUT2D eigenvalue weighted by Gasteiger charge is -2.10. The fraction of sp³-hybridized carbons (Fsp3) is 0.0588. The number of para-hydroxylation sites is 1.